The molecule has 0 aliphatic carbocycles. The Hall–Kier alpha value is -1.81. The number of nitrogens with one attached hydrogen (secondary N) is 1. The maximum atomic E-state index is 5.21. The lowest BCUT2D eigenvalue weighted by Crippen LogP contribution is -2.28. The number of aromatic nitrogens is 2. The van der Waals surface area contributed by atoms with Crippen molar-refractivity contribution in [3.05, 3.63) is 48.5 Å². The van der Waals surface area contributed by atoms with Crippen LogP contribution in [0.25, 0.3) is 0 Å². The van der Waals surface area contributed by atoms with Crippen LogP contribution in [0.4, 0.5) is 0 Å². The van der Waals surface area contributed by atoms with Crippen molar-refractivity contribution in [3.8, 4) is 5.75 Å². The fourth-order valence-electron chi connectivity index (χ4n) is 2.28. The van der Waals surface area contributed by atoms with Crippen molar-refractivity contribution < 1.29 is 4.74 Å². The molecule has 0 amide bonds. The summed E-state index contributed by atoms with van der Waals surface area (Å²) < 4.78 is 7.33. The summed E-state index contributed by atoms with van der Waals surface area (Å²) in [6.45, 7) is 5.24. The summed E-state index contributed by atoms with van der Waals surface area (Å²) >= 11 is 0. The molecule has 1 aromatic heterocycles. The van der Waals surface area contributed by atoms with Gasteiger partial charge in [-0.15, -0.1) is 0 Å². The van der Waals surface area contributed by atoms with Gasteiger partial charge in [0.1, 0.15) is 5.75 Å². The third kappa shape index (κ3) is 3.15. The molecule has 1 aromatic carbocycles. The molecule has 0 spiro atoms. The number of rotatable bonds is 6. The Bertz CT molecular complexity index is 479. The molecular formula is C15H21N3O. The second kappa shape index (κ2) is 6.38. The molecule has 102 valence electrons. The molecule has 0 aliphatic rings. The highest BCUT2D eigenvalue weighted by atomic mass is 16.5. The Morgan fingerprint density at radius 2 is 2.05 bits per heavy atom. The molecule has 0 bridgehead atoms. The predicted molar refractivity (Wildman–Crippen MR) is 76.3 cm³/mol. The largest absolute Gasteiger partial charge is 0.497 e. The highest BCUT2D eigenvalue weighted by Gasteiger charge is 2.19. The lowest BCUT2D eigenvalue weighted by atomic mass is 10.00. The van der Waals surface area contributed by atoms with Gasteiger partial charge in [-0.3, -0.25) is 0 Å². The second-order valence-corrected chi connectivity index (χ2v) is 4.56. The summed E-state index contributed by atoms with van der Waals surface area (Å²) in [7, 11) is 1.69. The zero-order valence-electron chi connectivity index (χ0n) is 11.7. The van der Waals surface area contributed by atoms with Gasteiger partial charge in [0.05, 0.1) is 25.5 Å². The molecule has 1 heterocycles. The van der Waals surface area contributed by atoms with Crippen LogP contribution in [0, 0.1) is 0 Å². The standard InChI is InChI=1S/C15H21N3O/c1-4-17-15(12(2)18-10-9-16-11-18)13-5-7-14(19-3)8-6-13/h5-12,15,17H,4H2,1-3H3. The molecule has 0 fully saturated rings. The van der Waals surface area contributed by atoms with Crippen LogP contribution in [-0.2, 0) is 0 Å². The van der Waals surface area contributed by atoms with Crippen LogP contribution < -0.4 is 10.1 Å². The molecular weight excluding hydrogens is 238 g/mol. The normalized spacial score (nSPS) is 14.1. The van der Waals surface area contributed by atoms with Crippen molar-refractivity contribution in [2.45, 2.75) is 25.9 Å². The topological polar surface area (TPSA) is 39.1 Å². The van der Waals surface area contributed by atoms with Gasteiger partial charge in [-0.05, 0) is 31.2 Å². The number of nitrogens with zero attached hydrogens (tertiary/aromatic N) is 2. The lowest BCUT2D eigenvalue weighted by molar-refractivity contribution is 0.383. The van der Waals surface area contributed by atoms with Crippen molar-refractivity contribution in [2.75, 3.05) is 13.7 Å². The van der Waals surface area contributed by atoms with E-state index in [0.29, 0.717) is 6.04 Å². The molecule has 4 nitrogen and oxygen atoms in total. The van der Waals surface area contributed by atoms with E-state index in [2.05, 4.69) is 40.8 Å². The molecule has 0 aliphatic heterocycles. The third-order valence-electron chi connectivity index (χ3n) is 3.38. The first-order chi connectivity index (χ1) is 9.26. The van der Waals surface area contributed by atoms with E-state index < -0.39 is 0 Å². The van der Waals surface area contributed by atoms with E-state index in [9.17, 15) is 0 Å². The molecule has 2 unspecified atom stereocenters. The van der Waals surface area contributed by atoms with Crippen LogP contribution >= 0.6 is 0 Å². The molecule has 2 aromatic rings. The maximum absolute atomic E-state index is 5.21. The molecule has 2 rings (SSSR count). The van der Waals surface area contributed by atoms with Gasteiger partial charge in [0.15, 0.2) is 0 Å². The summed E-state index contributed by atoms with van der Waals surface area (Å²) in [6.07, 6.45) is 5.67. The van der Waals surface area contributed by atoms with Crippen molar-refractivity contribution in [1.29, 1.82) is 0 Å². The van der Waals surface area contributed by atoms with Crippen molar-refractivity contribution in [1.82, 2.24) is 14.9 Å². The summed E-state index contributed by atoms with van der Waals surface area (Å²) in [4.78, 5) is 4.12. The fraction of sp³-hybridized carbons (Fsp3) is 0.400. The number of likely N-dealkylation sites (N-methyl/N-ethyl adjacent to an activating group) is 1. The van der Waals surface area contributed by atoms with Crippen LogP contribution in [0.15, 0.2) is 43.0 Å². The van der Waals surface area contributed by atoms with E-state index in [1.54, 1.807) is 7.11 Å². The predicted octanol–water partition coefficient (Wildman–Crippen LogP) is 2.80. The minimum absolute atomic E-state index is 0.255. The van der Waals surface area contributed by atoms with Gasteiger partial charge in [0, 0.05) is 12.4 Å². The molecule has 2 atom stereocenters. The first-order valence-corrected chi connectivity index (χ1v) is 6.61. The summed E-state index contributed by atoms with van der Waals surface area (Å²) in [6, 6.07) is 8.78. The number of ether oxygens (including phenoxy) is 1. The molecule has 4 heteroatoms. The second-order valence-electron chi connectivity index (χ2n) is 4.56. The van der Waals surface area contributed by atoms with Gasteiger partial charge < -0.3 is 14.6 Å². The van der Waals surface area contributed by atoms with E-state index in [1.165, 1.54) is 5.56 Å². The van der Waals surface area contributed by atoms with Crippen LogP contribution in [0.1, 0.15) is 31.5 Å². The number of methoxy groups -OCH3 is 1. The van der Waals surface area contributed by atoms with Crippen molar-refractivity contribution in [3.63, 3.8) is 0 Å². The SMILES string of the molecule is CCNC(c1ccc(OC)cc1)C(C)n1ccnc1. The molecule has 0 saturated carbocycles. The Kier molecular flexibility index (Phi) is 4.58. The van der Waals surface area contributed by atoms with Crippen LogP contribution in [0.5, 0.6) is 5.75 Å². The van der Waals surface area contributed by atoms with E-state index in [1.807, 2.05) is 30.9 Å². The van der Waals surface area contributed by atoms with Gasteiger partial charge in [0.2, 0.25) is 0 Å². The summed E-state index contributed by atoms with van der Waals surface area (Å²) in [5.74, 6) is 0.884. The zero-order chi connectivity index (χ0) is 13.7. The number of imidazole rings is 1. The maximum Gasteiger partial charge on any atom is 0.118 e. The molecule has 0 radical (unpaired) electrons. The van der Waals surface area contributed by atoms with Crippen LogP contribution in [-0.4, -0.2) is 23.2 Å². The smallest absolute Gasteiger partial charge is 0.118 e. The average Bonchev–Trinajstić information content (AvgIpc) is 2.98. The number of benzene rings is 1. The Morgan fingerprint density at radius 3 is 2.58 bits per heavy atom. The summed E-state index contributed by atoms with van der Waals surface area (Å²) in [5.41, 5.74) is 1.25. The molecule has 0 saturated heterocycles. The van der Waals surface area contributed by atoms with E-state index in [0.717, 1.165) is 12.3 Å². The highest BCUT2D eigenvalue weighted by molar-refractivity contribution is 5.29. The number of hydrogen-bond donors (Lipinski definition) is 1. The Labute approximate surface area is 114 Å². The zero-order valence-corrected chi connectivity index (χ0v) is 11.7. The van der Waals surface area contributed by atoms with E-state index >= 15 is 0 Å². The Morgan fingerprint density at radius 1 is 1.32 bits per heavy atom. The first-order valence-electron chi connectivity index (χ1n) is 6.61. The molecule has 1 N–H and O–H groups in total. The minimum Gasteiger partial charge on any atom is -0.497 e. The number of hydrogen-bond acceptors (Lipinski definition) is 3. The van der Waals surface area contributed by atoms with Crippen LogP contribution in [0.3, 0.4) is 0 Å². The highest BCUT2D eigenvalue weighted by Crippen LogP contribution is 2.27. The van der Waals surface area contributed by atoms with Gasteiger partial charge in [-0.25, -0.2) is 4.98 Å². The first kappa shape index (κ1) is 13.6. The Balaban J connectivity index is 2.23. The quantitative estimate of drug-likeness (QED) is 0.867. The average molecular weight is 259 g/mol. The van der Waals surface area contributed by atoms with Crippen molar-refractivity contribution in [2.24, 2.45) is 0 Å². The third-order valence-corrected chi connectivity index (χ3v) is 3.38. The lowest BCUT2D eigenvalue weighted by Gasteiger charge is -2.26. The van der Waals surface area contributed by atoms with Gasteiger partial charge >= 0.3 is 0 Å². The summed E-state index contributed by atoms with van der Waals surface area (Å²) in [5, 5.41) is 3.53. The molecule has 19 heavy (non-hydrogen) atoms. The van der Waals surface area contributed by atoms with Gasteiger partial charge in [-0.1, -0.05) is 19.1 Å². The van der Waals surface area contributed by atoms with Gasteiger partial charge in [0.25, 0.3) is 0 Å². The monoisotopic (exact) mass is 259 g/mol. The minimum atomic E-state index is 0.255. The van der Waals surface area contributed by atoms with Crippen molar-refractivity contribution >= 4 is 0 Å². The van der Waals surface area contributed by atoms with Crippen LogP contribution in [0.2, 0.25) is 0 Å². The van der Waals surface area contributed by atoms with Gasteiger partial charge in [-0.2, -0.15) is 0 Å². The fourth-order valence-corrected chi connectivity index (χ4v) is 2.28. The van der Waals surface area contributed by atoms with E-state index in [4.69, 9.17) is 4.74 Å². The van der Waals surface area contributed by atoms with E-state index in [-0.39, 0.29) is 6.04 Å².